The number of aliphatic hydroxyl groups is 1. The van der Waals surface area contributed by atoms with E-state index in [0.717, 1.165) is 22.4 Å². The normalized spacial score (nSPS) is 17.3. The van der Waals surface area contributed by atoms with E-state index in [0.29, 0.717) is 23.4 Å². The Morgan fingerprint density at radius 3 is 2.54 bits per heavy atom. The van der Waals surface area contributed by atoms with Crippen LogP contribution in [0.3, 0.4) is 0 Å². The number of aromatic nitrogens is 1. The Morgan fingerprint density at radius 2 is 1.89 bits per heavy atom. The summed E-state index contributed by atoms with van der Waals surface area (Å²) in [5, 5.41) is 11.5. The summed E-state index contributed by atoms with van der Waals surface area (Å²) in [5.74, 6) is -0.745. The van der Waals surface area contributed by atoms with E-state index < -0.39 is 17.7 Å². The molecule has 1 unspecified atom stereocenters. The van der Waals surface area contributed by atoms with Gasteiger partial charge >= 0.3 is 0 Å². The number of ketones is 1. The minimum absolute atomic E-state index is 0.0442. The largest absolute Gasteiger partial charge is 0.507 e. The number of anilines is 1. The summed E-state index contributed by atoms with van der Waals surface area (Å²) in [6.45, 7) is 10.4. The topological polar surface area (TPSA) is 79.7 Å². The van der Waals surface area contributed by atoms with Crippen LogP contribution in [-0.2, 0) is 9.59 Å². The highest BCUT2D eigenvalue weighted by Gasteiger charge is 2.47. The molecule has 1 aliphatic heterocycles. The lowest BCUT2D eigenvalue weighted by Gasteiger charge is -2.27. The number of aliphatic hydroxyl groups excluding tert-OH is 1. The Balaban J connectivity index is 1.95. The molecule has 3 aromatic rings. The van der Waals surface area contributed by atoms with E-state index in [1.54, 1.807) is 30.6 Å². The van der Waals surface area contributed by atoms with Crippen molar-refractivity contribution in [1.82, 2.24) is 4.98 Å². The summed E-state index contributed by atoms with van der Waals surface area (Å²) in [5.41, 5.74) is 4.60. The van der Waals surface area contributed by atoms with Crippen molar-refractivity contribution >= 4 is 23.1 Å². The quantitative estimate of drug-likeness (QED) is 0.278. The van der Waals surface area contributed by atoms with Crippen LogP contribution >= 0.6 is 0 Å². The Labute approximate surface area is 205 Å². The molecule has 1 amide bonds. The van der Waals surface area contributed by atoms with Gasteiger partial charge in [0, 0.05) is 23.6 Å². The van der Waals surface area contributed by atoms with Crippen molar-refractivity contribution in [3.63, 3.8) is 0 Å². The van der Waals surface area contributed by atoms with Gasteiger partial charge in [-0.25, -0.2) is 0 Å². The first-order valence-electron chi connectivity index (χ1n) is 11.8. The number of hydrogen-bond acceptors (Lipinski definition) is 5. The van der Waals surface area contributed by atoms with Crippen LogP contribution < -0.4 is 9.64 Å². The molecule has 6 heteroatoms. The number of aryl methyl sites for hydroxylation is 1. The third kappa shape index (κ3) is 4.32. The number of hydrogen-bond donors (Lipinski definition) is 1. The van der Waals surface area contributed by atoms with Crippen LogP contribution in [0.4, 0.5) is 5.69 Å². The van der Waals surface area contributed by atoms with Crippen molar-refractivity contribution in [2.45, 2.75) is 46.6 Å². The summed E-state index contributed by atoms with van der Waals surface area (Å²) in [6, 6.07) is 13.8. The molecule has 6 nitrogen and oxygen atoms in total. The maximum atomic E-state index is 13.4. The lowest BCUT2D eigenvalue weighted by molar-refractivity contribution is -0.132. The van der Waals surface area contributed by atoms with Gasteiger partial charge in [-0.05, 0) is 79.3 Å². The highest BCUT2D eigenvalue weighted by Crippen LogP contribution is 2.43. The molecule has 0 aliphatic carbocycles. The van der Waals surface area contributed by atoms with Gasteiger partial charge in [0.15, 0.2) is 0 Å². The maximum absolute atomic E-state index is 13.4. The number of pyridine rings is 1. The first kappa shape index (κ1) is 24.2. The molecule has 1 aliphatic rings. The van der Waals surface area contributed by atoms with E-state index in [2.05, 4.69) is 4.98 Å². The van der Waals surface area contributed by atoms with Gasteiger partial charge in [-0.2, -0.15) is 0 Å². The van der Waals surface area contributed by atoms with Gasteiger partial charge in [0.2, 0.25) is 0 Å². The molecule has 0 bridgehead atoms. The van der Waals surface area contributed by atoms with Crippen LogP contribution in [0.2, 0.25) is 0 Å². The smallest absolute Gasteiger partial charge is 0.300 e. The van der Waals surface area contributed by atoms with Crippen molar-refractivity contribution in [1.29, 1.82) is 0 Å². The molecular formula is C29H30N2O4. The van der Waals surface area contributed by atoms with E-state index in [9.17, 15) is 14.7 Å². The highest BCUT2D eigenvalue weighted by molar-refractivity contribution is 6.51. The molecule has 0 saturated carbocycles. The van der Waals surface area contributed by atoms with Gasteiger partial charge in [0.1, 0.15) is 11.5 Å². The third-order valence-electron chi connectivity index (χ3n) is 6.49. The minimum Gasteiger partial charge on any atom is -0.507 e. The Hall–Kier alpha value is -3.93. The highest BCUT2D eigenvalue weighted by atomic mass is 16.5. The monoisotopic (exact) mass is 470 g/mol. The van der Waals surface area contributed by atoms with Gasteiger partial charge in [-0.1, -0.05) is 32.0 Å². The van der Waals surface area contributed by atoms with Crippen LogP contribution in [0.25, 0.3) is 5.76 Å². The molecule has 1 aromatic heterocycles. The van der Waals surface area contributed by atoms with E-state index in [4.69, 9.17) is 4.74 Å². The number of amides is 1. The first-order valence-corrected chi connectivity index (χ1v) is 11.8. The second-order valence-electron chi connectivity index (χ2n) is 9.01. The summed E-state index contributed by atoms with van der Waals surface area (Å²) in [7, 11) is 0. The molecule has 1 saturated heterocycles. The Kier molecular flexibility index (Phi) is 6.74. The number of carbonyl (C=O) groups is 2. The molecule has 180 valence electrons. The molecule has 1 N–H and O–H groups in total. The maximum Gasteiger partial charge on any atom is 0.300 e. The zero-order valence-electron chi connectivity index (χ0n) is 20.7. The molecule has 1 atom stereocenters. The average Bonchev–Trinajstić information content (AvgIpc) is 3.11. The fourth-order valence-corrected chi connectivity index (χ4v) is 4.52. The minimum atomic E-state index is -0.807. The second kappa shape index (κ2) is 9.74. The molecule has 4 rings (SSSR count). The molecule has 35 heavy (non-hydrogen) atoms. The molecular weight excluding hydrogens is 440 g/mol. The average molecular weight is 471 g/mol. The fraction of sp³-hybridized carbons (Fsp3) is 0.276. The number of rotatable bonds is 6. The molecule has 0 radical (unpaired) electrons. The van der Waals surface area contributed by atoms with Crippen molar-refractivity contribution < 1.29 is 19.4 Å². The van der Waals surface area contributed by atoms with Crippen molar-refractivity contribution in [3.8, 4) is 5.75 Å². The molecule has 1 fully saturated rings. The Morgan fingerprint density at radius 1 is 1.11 bits per heavy atom. The van der Waals surface area contributed by atoms with Crippen molar-refractivity contribution in [2.24, 2.45) is 0 Å². The predicted molar refractivity (Wildman–Crippen MR) is 137 cm³/mol. The summed E-state index contributed by atoms with van der Waals surface area (Å²) < 4.78 is 5.75. The summed E-state index contributed by atoms with van der Waals surface area (Å²) >= 11 is 0. The molecule has 2 aromatic carbocycles. The first-order chi connectivity index (χ1) is 16.8. The third-order valence-corrected chi connectivity index (χ3v) is 6.49. The molecule has 2 heterocycles. The SMILES string of the molecule is CCOc1ccc(/C(O)=C2\C(=O)C(=O)N(c3cccc(C)c3C)C2c2cccnc2)cc1C(C)C. The van der Waals surface area contributed by atoms with Gasteiger partial charge < -0.3 is 9.84 Å². The van der Waals surface area contributed by atoms with Crippen molar-refractivity contribution in [2.75, 3.05) is 11.5 Å². The van der Waals surface area contributed by atoms with Crippen LogP contribution in [0.15, 0.2) is 66.5 Å². The van der Waals surface area contributed by atoms with Crippen LogP contribution in [0.5, 0.6) is 5.75 Å². The fourth-order valence-electron chi connectivity index (χ4n) is 4.52. The number of benzene rings is 2. The van der Waals surface area contributed by atoms with E-state index in [1.807, 2.05) is 65.0 Å². The van der Waals surface area contributed by atoms with Crippen LogP contribution in [0.1, 0.15) is 60.5 Å². The number of carbonyl (C=O) groups excluding carboxylic acids is 2. The standard InChI is InChI=1S/C29H30N2O4/c1-6-35-24-13-12-20(15-22(24)17(2)3)27(32)25-26(21-10-8-14-30-16-21)31(29(34)28(25)33)23-11-7-9-18(4)19(23)5/h7-17,26,32H,6H2,1-5H3/b27-25+. The van der Waals surface area contributed by atoms with E-state index in [1.165, 1.54) is 4.90 Å². The van der Waals surface area contributed by atoms with Gasteiger partial charge in [-0.15, -0.1) is 0 Å². The van der Waals surface area contributed by atoms with Gasteiger partial charge in [0.25, 0.3) is 11.7 Å². The van der Waals surface area contributed by atoms with Crippen LogP contribution in [0, 0.1) is 13.8 Å². The van der Waals surface area contributed by atoms with E-state index in [-0.39, 0.29) is 17.3 Å². The number of Topliss-reactive ketones (excluding diaryl/α,β-unsaturated/α-hetero) is 1. The Bertz CT molecular complexity index is 1310. The summed E-state index contributed by atoms with van der Waals surface area (Å²) in [4.78, 5) is 32.5. The number of ether oxygens (including phenoxy) is 1. The van der Waals surface area contributed by atoms with E-state index >= 15 is 0 Å². The van der Waals surface area contributed by atoms with Crippen molar-refractivity contribution in [3.05, 3.63) is 94.3 Å². The lowest BCUT2D eigenvalue weighted by atomic mass is 9.93. The summed E-state index contributed by atoms with van der Waals surface area (Å²) in [6.07, 6.45) is 3.26. The molecule has 0 spiro atoms. The van der Waals surface area contributed by atoms with Gasteiger partial charge in [-0.3, -0.25) is 19.5 Å². The van der Waals surface area contributed by atoms with Gasteiger partial charge in [0.05, 0.1) is 18.2 Å². The predicted octanol–water partition coefficient (Wildman–Crippen LogP) is 5.85. The zero-order valence-corrected chi connectivity index (χ0v) is 20.7. The lowest BCUT2D eigenvalue weighted by Crippen LogP contribution is -2.30. The second-order valence-corrected chi connectivity index (χ2v) is 9.01. The zero-order chi connectivity index (χ0) is 25.3. The number of nitrogens with zero attached hydrogens (tertiary/aromatic N) is 2. The van der Waals surface area contributed by atoms with Crippen LogP contribution in [-0.4, -0.2) is 28.4 Å².